The van der Waals surface area contributed by atoms with Gasteiger partial charge in [-0.05, 0) is 12.1 Å². The van der Waals surface area contributed by atoms with Crippen molar-refractivity contribution in [3.05, 3.63) is 24.3 Å². The zero-order chi connectivity index (χ0) is 17.3. The Morgan fingerprint density at radius 2 is 1.83 bits per heavy atom. The highest BCUT2D eigenvalue weighted by atomic mass is 15.3. The molecule has 1 aromatic rings. The Morgan fingerprint density at radius 1 is 1.13 bits per heavy atom. The lowest BCUT2D eigenvalue weighted by Crippen LogP contribution is -2.46. The quantitative estimate of drug-likeness (QED) is 0.602. The maximum absolute atomic E-state index is 7.06. The first kappa shape index (κ1) is 17.3. The summed E-state index contributed by atoms with van der Waals surface area (Å²) in [6.45, 7) is 13.1. The number of aliphatic imine (C=N–C) groups is 2. The molecule has 4 nitrogen and oxygen atoms in total. The minimum Gasteiger partial charge on any atom is -0.313 e. The standard InChI is InChI=1S/C19H27N4/c1-18(2,3)16-22-17(19(4,5)6)23(16)15-10-7-9-14(13-15)21-12-8-11-20/h7,9-13,20H,8H2,1-6H3/q+1. The Hall–Kier alpha value is -2.10. The van der Waals surface area contributed by atoms with Crippen LogP contribution in [-0.4, -0.2) is 28.7 Å². The van der Waals surface area contributed by atoms with Gasteiger partial charge in [-0.1, -0.05) is 52.6 Å². The molecule has 0 aromatic heterocycles. The third-order valence-corrected chi connectivity index (χ3v) is 3.53. The second kappa shape index (κ2) is 6.19. The lowest BCUT2D eigenvalue weighted by molar-refractivity contribution is -0.338. The first-order valence-electron chi connectivity index (χ1n) is 8.03. The van der Waals surface area contributed by atoms with E-state index in [0.717, 1.165) is 23.0 Å². The van der Waals surface area contributed by atoms with Crippen molar-refractivity contribution in [1.29, 1.82) is 5.41 Å². The summed E-state index contributed by atoms with van der Waals surface area (Å²) in [5.41, 5.74) is 1.99. The van der Waals surface area contributed by atoms with Crippen LogP contribution in [0.5, 0.6) is 0 Å². The summed E-state index contributed by atoms with van der Waals surface area (Å²) in [7, 11) is 0. The van der Waals surface area contributed by atoms with Gasteiger partial charge in [0.15, 0.2) is 0 Å². The number of amidine groups is 2. The van der Waals surface area contributed by atoms with Gasteiger partial charge in [-0.25, -0.2) is 0 Å². The van der Waals surface area contributed by atoms with E-state index in [0.29, 0.717) is 6.42 Å². The maximum Gasteiger partial charge on any atom is 0.252 e. The number of hydrogen-bond acceptors (Lipinski definition) is 3. The van der Waals surface area contributed by atoms with Crippen LogP contribution >= 0.6 is 0 Å². The molecule has 0 spiro atoms. The molecule has 0 bridgehead atoms. The third-order valence-electron chi connectivity index (χ3n) is 3.53. The predicted octanol–water partition coefficient (Wildman–Crippen LogP) is 4.98. The van der Waals surface area contributed by atoms with Gasteiger partial charge in [-0.15, -0.1) is 0 Å². The summed E-state index contributed by atoms with van der Waals surface area (Å²) in [5.74, 6) is 2.17. The lowest BCUT2D eigenvalue weighted by atomic mass is 9.87. The van der Waals surface area contributed by atoms with E-state index in [1.165, 1.54) is 6.21 Å². The molecule has 0 fully saturated rings. The summed E-state index contributed by atoms with van der Waals surface area (Å²) in [5, 5.41) is 7.06. The van der Waals surface area contributed by atoms with Crippen LogP contribution in [0, 0.1) is 16.2 Å². The Labute approximate surface area is 139 Å². The SMILES string of the molecule is CC(C)(C)C1=NC(C(C)(C)C)=[N+]1c1cccc(N=CCC=N)c1. The highest BCUT2D eigenvalue weighted by Crippen LogP contribution is 2.34. The summed E-state index contributed by atoms with van der Waals surface area (Å²) in [4.78, 5) is 9.24. The first-order chi connectivity index (χ1) is 10.6. The molecule has 0 saturated heterocycles. The molecule has 122 valence electrons. The number of benzene rings is 1. The van der Waals surface area contributed by atoms with Crippen molar-refractivity contribution in [2.24, 2.45) is 20.8 Å². The molecule has 0 aliphatic carbocycles. The van der Waals surface area contributed by atoms with Crippen LogP contribution in [-0.2, 0) is 0 Å². The largest absolute Gasteiger partial charge is 0.313 e. The summed E-state index contributed by atoms with van der Waals surface area (Å²) >= 11 is 0. The van der Waals surface area contributed by atoms with Crippen molar-refractivity contribution in [3.63, 3.8) is 0 Å². The van der Waals surface area contributed by atoms with E-state index in [1.807, 2.05) is 12.1 Å². The Kier molecular flexibility index (Phi) is 4.64. The van der Waals surface area contributed by atoms with Gasteiger partial charge in [-0.2, -0.15) is 4.58 Å². The monoisotopic (exact) mass is 311 g/mol. The van der Waals surface area contributed by atoms with E-state index in [9.17, 15) is 0 Å². The number of nitrogens with zero attached hydrogens (tertiary/aromatic N) is 3. The summed E-state index contributed by atoms with van der Waals surface area (Å²) in [6, 6.07) is 8.17. The van der Waals surface area contributed by atoms with Crippen LogP contribution in [0.4, 0.5) is 11.4 Å². The number of nitrogens with one attached hydrogen (secondary N) is 1. The Morgan fingerprint density at radius 3 is 2.39 bits per heavy atom. The minimum absolute atomic E-state index is 0.00575. The number of hydrogen-bond donors (Lipinski definition) is 1. The maximum atomic E-state index is 7.06. The van der Waals surface area contributed by atoms with Crippen LogP contribution in [0.25, 0.3) is 0 Å². The minimum atomic E-state index is -0.00575. The van der Waals surface area contributed by atoms with Gasteiger partial charge in [0.1, 0.15) is 5.69 Å². The predicted molar refractivity (Wildman–Crippen MR) is 99.3 cm³/mol. The normalized spacial score (nSPS) is 15.7. The van der Waals surface area contributed by atoms with Gasteiger partial charge in [0.25, 0.3) is 11.7 Å². The van der Waals surface area contributed by atoms with Crippen molar-refractivity contribution in [3.8, 4) is 0 Å². The second-order valence-corrected chi connectivity index (χ2v) is 7.87. The Balaban J connectivity index is 2.44. The van der Waals surface area contributed by atoms with Gasteiger partial charge in [0.2, 0.25) is 0 Å². The Bertz CT molecular complexity index is 695. The molecule has 23 heavy (non-hydrogen) atoms. The highest BCUT2D eigenvalue weighted by Gasteiger charge is 2.43. The van der Waals surface area contributed by atoms with Gasteiger partial charge in [-0.3, -0.25) is 4.99 Å². The molecular weight excluding hydrogens is 284 g/mol. The summed E-state index contributed by atoms with van der Waals surface area (Å²) < 4.78 is 2.26. The van der Waals surface area contributed by atoms with Crippen LogP contribution < -0.4 is 0 Å². The molecule has 0 unspecified atom stereocenters. The highest BCUT2D eigenvalue weighted by molar-refractivity contribution is 6.06. The first-order valence-corrected chi connectivity index (χ1v) is 8.03. The van der Waals surface area contributed by atoms with E-state index in [4.69, 9.17) is 10.4 Å². The van der Waals surface area contributed by atoms with Crippen molar-refractivity contribution >= 4 is 35.5 Å². The molecule has 0 saturated carbocycles. The topological polar surface area (TPSA) is 51.6 Å². The van der Waals surface area contributed by atoms with Crippen LogP contribution in [0.2, 0.25) is 0 Å². The van der Waals surface area contributed by atoms with Gasteiger partial charge < -0.3 is 5.41 Å². The molecule has 1 N–H and O–H groups in total. The smallest absolute Gasteiger partial charge is 0.252 e. The molecule has 0 amide bonds. The molecule has 1 aliphatic rings. The second-order valence-electron chi connectivity index (χ2n) is 7.87. The summed E-state index contributed by atoms with van der Waals surface area (Å²) in [6.07, 6.45) is 3.66. The van der Waals surface area contributed by atoms with Crippen molar-refractivity contribution in [1.82, 2.24) is 0 Å². The van der Waals surface area contributed by atoms with Crippen LogP contribution in [0.1, 0.15) is 48.0 Å². The van der Waals surface area contributed by atoms with E-state index >= 15 is 0 Å². The molecule has 0 atom stereocenters. The van der Waals surface area contributed by atoms with E-state index in [2.05, 4.69) is 63.2 Å². The van der Waals surface area contributed by atoms with Gasteiger partial charge in [0, 0.05) is 24.9 Å². The molecule has 1 heterocycles. The average Bonchev–Trinajstić information content (AvgIpc) is 2.34. The zero-order valence-corrected chi connectivity index (χ0v) is 15.0. The fourth-order valence-corrected chi connectivity index (χ4v) is 2.43. The van der Waals surface area contributed by atoms with Crippen molar-refractivity contribution in [2.45, 2.75) is 48.0 Å². The molecule has 4 heteroatoms. The fraction of sp³-hybridized carbons (Fsp3) is 0.474. The molecule has 0 radical (unpaired) electrons. The number of rotatable bonds is 4. The average molecular weight is 311 g/mol. The van der Waals surface area contributed by atoms with Crippen molar-refractivity contribution < 1.29 is 4.58 Å². The molecular formula is C19H27N4+. The fourth-order valence-electron chi connectivity index (χ4n) is 2.43. The lowest BCUT2D eigenvalue weighted by Gasteiger charge is -2.31. The van der Waals surface area contributed by atoms with E-state index < -0.39 is 0 Å². The van der Waals surface area contributed by atoms with Crippen LogP contribution in [0.3, 0.4) is 0 Å². The van der Waals surface area contributed by atoms with E-state index in [-0.39, 0.29) is 10.8 Å². The molecule has 1 aromatic carbocycles. The molecule has 1 aliphatic heterocycles. The van der Waals surface area contributed by atoms with Gasteiger partial charge in [0.05, 0.1) is 16.5 Å². The molecule has 2 rings (SSSR count). The van der Waals surface area contributed by atoms with Crippen molar-refractivity contribution in [2.75, 3.05) is 0 Å². The van der Waals surface area contributed by atoms with Crippen LogP contribution in [0.15, 0.2) is 34.3 Å². The zero-order valence-electron chi connectivity index (χ0n) is 15.0. The van der Waals surface area contributed by atoms with E-state index in [1.54, 1.807) is 6.21 Å². The third kappa shape index (κ3) is 3.81. The van der Waals surface area contributed by atoms with Gasteiger partial charge >= 0.3 is 0 Å².